The number of amides is 1. The summed E-state index contributed by atoms with van der Waals surface area (Å²) < 4.78 is 5.63. The zero-order chi connectivity index (χ0) is 14.7. The molecule has 0 aromatic heterocycles. The lowest BCUT2D eigenvalue weighted by atomic mass is 10.1. The fourth-order valence-corrected chi connectivity index (χ4v) is 2.26. The zero-order valence-electron chi connectivity index (χ0n) is 11.9. The summed E-state index contributed by atoms with van der Waals surface area (Å²) in [5.74, 6) is 0.685. The smallest absolute Gasteiger partial charge is 0.226 e. The summed E-state index contributed by atoms with van der Waals surface area (Å²) in [6.07, 6.45) is -1.43. The fraction of sp³-hybridized carbons (Fsp3) is 0.533. The predicted octanol–water partition coefficient (Wildman–Crippen LogP) is 0.636. The van der Waals surface area contributed by atoms with Crippen LogP contribution in [-0.2, 0) is 4.79 Å². The highest BCUT2D eigenvalue weighted by Crippen LogP contribution is 2.20. The Balaban J connectivity index is 1.81. The molecule has 5 nitrogen and oxygen atoms in total. The average molecular weight is 279 g/mol. The monoisotopic (exact) mass is 279 g/mol. The van der Waals surface area contributed by atoms with Crippen molar-refractivity contribution in [3.63, 3.8) is 0 Å². The average Bonchev–Trinajstić information content (AvgIpc) is 2.75. The topological polar surface area (TPSA) is 70.0 Å². The Morgan fingerprint density at radius 1 is 1.30 bits per heavy atom. The lowest BCUT2D eigenvalue weighted by Crippen LogP contribution is -2.30. The van der Waals surface area contributed by atoms with Crippen LogP contribution in [-0.4, -0.2) is 52.9 Å². The molecule has 2 unspecified atom stereocenters. The molecule has 0 spiro atoms. The Hall–Kier alpha value is -1.59. The largest absolute Gasteiger partial charge is 0.493 e. The molecule has 1 heterocycles. The highest BCUT2D eigenvalue weighted by atomic mass is 16.5. The number of hydrogen-bond acceptors (Lipinski definition) is 4. The van der Waals surface area contributed by atoms with Crippen molar-refractivity contribution in [2.24, 2.45) is 0 Å². The molecule has 1 aromatic rings. The molecule has 1 aliphatic rings. The van der Waals surface area contributed by atoms with E-state index in [9.17, 15) is 15.0 Å². The van der Waals surface area contributed by atoms with Gasteiger partial charge in [-0.2, -0.15) is 0 Å². The molecule has 0 aliphatic carbocycles. The second-order valence-corrected chi connectivity index (χ2v) is 5.23. The van der Waals surface area contributed by atoms with Crippen LogP contribution in [0.4, 0.5) is 0 Å². The molecule has 2 rings (SSSR count). The highest BCUT2D eigenvalue weighted by Gasteiger charge is 2.32. The first-order chi connectivity index (χ1) is 9.49. The molecule has 0 saturated carbocycles. The molecular formula is C15H21NO4. The van der Waals surface area contributed by atoms with Crippen LogP contribution in [0.15, 0.2) is 18.2 Å². The van der Waals surface area contributed by atoms with Gasteiger partial charge in [0, 0.05) is 13.1 Å². The van der Waals surface area contributed by atoms with Crippen molar-refractivity contribution < 1.29 is 19.7 Å². The molecular weight excluding hydrogens is 258 g/mol. The number of hydrogen-bond donors (Lipinski definition) is 2. The number of carbonyl (C=O) groups is 1. The molecule has 1 aliphatic heterocycles. The second-order valence-electron chi connectivity index (χ2n) is 5.23. The fourth-order valence-electron chi connectivity index (χ4n) is 2.26. The maximum Gasteiger partial charge on any atom is 0.226 e. The Morgan fingerprint density at radius 2 is 1.95 bits per heavy atom. The van der Waals surface area contributed by atoms with Gasteiger partial charge < -0.3 is 19.8 Å². The van der Waals surface area contributed by atoms with Gasteiger partial charge in [0.15, 0.2) is 0 Å². The molecule has 2 atom stereocenters. The van der Waals surface area contributed by atoms with E-state index in [4.69, 9.17) is 4.74 Å². The van der Waals surface area contributed by atoms with E-state index in [0.29, 0.717) is 6.61 Å². The SMILES string of the molecule is Cc1cccc(OCCC(=O)N2CC(O)C(O)C2)c1C. The molecule has 2 N–H and O–H groups in total. The standard InChI is InChI=1S/C15H21NO4/c1-10-4-3-5-14(11(10)2)20-7-6-15(19)16-8-12(17)13(18)9-16/h3-5,12-13,17-18H,6-9H2,1-2H3. The first-order valence-corrected chi connectivity index (χ1v) is 6.82. The minimum absolute atomic E-state index is 0.106. The van der Waals surface area contributed by atoms with E-state index in [1.165, 1.54) is 4.90 Å². The van der Waals surface area contributed by atoms with Crippen molar-refractivity contribution >= 4 is 5.91 Å². The van der Waals surface area contributed by atoms with E-state index in [0.717, 1.165) is 16.9 Å². The van der Waals surface area contributed by atoms with Gasteiger partial charge in [-0.15, -0.1) is 0 Å². The van der Waals surface area contributed by atoms with Crippen molar-refractivity contribution in [2.45, 2.75) is 32.5 Å². The van der Waals surface area contributed by atoms with Crippen LogP contribution >= 0.6 is 0 Å². The minimum atomic E-state index is -0.834. The number of nitrogens with zero attached hydrogens (tertiary/aromatic N) is 1. The molecule has 110 valence electrons. The number of aliphatic hydroxyl groups is 2. The predicted molar refractivity (Wildman–Crippen MR) is 74.6 cm³/mol. The van der Waals surface area contributed by atoms with Crippen molar-refractivity contribution in [3.8, 4) is 5.75 Å². The Bertz CT molecular complexity index is 479. The Labute approximate surface area is 118 Å². The molecule has 1 saturated heterocycles. The van der Waals surface area contributed by atoms with E-state index in [2.05, 4.69) is 0 Å². The van der Waals surface area contributed by atoms with Gasteiger partial charge in [0.25, 0.3) is 0 Å². The summed E-state index contributed by atoms with van der Waals surface area (Å²) in [5, 5.41) is 18.8. The number of ether oxygens (including phenoxy) is 1. The Morgan fingerprint density at radius 3 is 2.60 bits per heavy atom. The van der Waals surface area contributed by atoms with Crippen LogP contribution in [0.2, 0.25) is 0 Å². The minimum Gasteiger partial charge on any atom is -0.493 e. The van der Waals surface area contributed by atoms with Crippen molar-refractivity contribution in [3.05, 3.63) is 29.3 Å². The number of carbonyl (C=O) groups excluding carboxylic acids is 1. The third-order valence-electron chi connectivity index (χ3n) is 3.74. The van der Waals surface area contributed by atoms with Crippen LogP contribution < -0.4 is 4.74 Å². The quantitative estimate of drug-likeness (QED) is 0.848. The van der Waals surface area contributed by atoms with Gasteiger partial charge in [-0.05, 0) is 31.0 Å². The molecule has 5 heteroatoms. The van der Waals surface area contributed by atoms with Gasteiger partial charge in [-0.25, -0.2) is 0 Å². The third kappa shape index (κ3) is 3.29. The number of rotatable bonds is 4. The van der Waals surface area contributed by atoms with Crippen molar-refractivity contribution in [2.75, 3.05) is 19.7 Å². The van der Waals surface area contributed by atoms with Crippen molar-refractivity contribution in [1.29, 1.82) is 0 Å². The number of aliphatic hydroxyl groups excluding tert-OH is 2. The first-order valence-electron chi connectivity index (χ1n) is 6.82. The summed E-state index contributed by atoms with van der Waals surface area (Å²) in [7, 11) is 0. The zero-order valence-corrected chi connectivity index (χ0v) is 11.9. The molecule has 0 radical (unpaired) electrons. The van der Waals surface area contributed by atoms with Crippen LogP contribution in [0, 0.1) is 13.8 Å². The van der Waals surface area contributed by atoms with E-state index < -0.39 is 12.2 Å². The van der Waals surface area contributed by atoms with Gasteiger partial charge in [0.05, 0.1) is 25.2 Å². The van der Waals surface area contributed by atoms with Gasteiger partial charge in [0.1, 0.15) is 5.75 Å². The number of aryl methyl sites for hydroxylation is 1. The first kappa shape index (κ1) is 14.8. The van der Waals surface area contributed by atoms with E-state index in [-0.39, 0.29) is 25.4 Å². The lowest BCUT2D eigenvalue weighted by Gasteiger charge is -2.16. The van der Waals surface area contributed by atoms with Gasteiger partial charge >= 0.3 is 0 Å². The highest BCUT2D eigenvalue weighted by molar-refractivity contribution is 5.76. The molecule has 0 bridgehead atoms. The number of β-amino-alcohol motifs (C(OH)–C–C–N with tert-alkyl or cyclic N) is 2. The number of likely N-dealkylation sites (tertiary alicyclic amines) is 1. The van der Waals surface area contributed by atoms with Gasteiger partial charge in [-0.3, -0.25) is 4.79 Å². The maximum absolute atomic E-state index is 11.9. The Kier molecular flexibility index (Phi) is 4.62. The summed E-state index contributed by atoms with van der Waals surface area (Å²) in [4.78, 5) is 13.4. The van der Waals surface area contributed by atoms with E-state index in [1.807, 2.05) is 32.0 Å². The summed E-state index contributed by atoms with van der Waals surface area (Å²) in [6, 6.07) is 5.82. The third-order valence-corrected chi connectivity index (χ3v) is 3.74. The van der Waals surface area contributed by atoms with Gasteiger partial charge in [0.2, 0.25) is 5.91 Å². The maximum atomic E-state index is 11.9. The normalized spacial score (nSPS) is 22.1. The van der Waals surface area contributed by atoms with Crippen molar-refractivity contribution in [1.82, 2.24) is 4.90 Å². The summed E-state index contributed by atoms with van der Waals surface area (Å²) >= 11 is 0. The number of benzene rings is 1. The van der Waals surface area contributed by atoms with Crippen LogP contribution in [0.5, 0.6) is 5.75 Å². The van der Waals surface area contributed by atoms with Crippen LogP contribution in [0.3, 0.4) is 0 Å². The lowest BCUT2D eigenvalue weighted by molar-refractivity contribution is -0.131. The van der Waals surface area contributed by atoms with Gasteiger partial charge in [-0.1, -0.05) is 12.1 Å². The van der Waals surface area contributed by atoms with Crippen LogP contribution in [0.25, 0.3) is 0 Å². The van der Waals surface area contributed by atoms with Crippen LogP contribution in [0.1, 0.15) is 17.5 Å². The molecule has 20 heavy (non-hydrogen) atoms. The molecule has 1 amide bonds. The van der Waals surface area contributed by atoms with E-state index >= 15 is 0 Å². The molecule has 1 aromatic carbocycles. The summed E-state index contributed by atoms with van der Waals surface area (Å²) in [6.45, 7) is 4.69. The second kappa shape index (κ2) is 6.24. The molecule has 1 fully saturated rings. The van der Waals surface area contributed by atoms with E-state index in [1.54, 1.807) is 0 Å². The summed E-state index contributed by atoms with van der Waals surface area (Å²) in [5.41, 5.74) is 2.23.